The summed E-state index contributed by atoms with van der Waals surface area (Å²) in [4.78, 5) is 68.5. The minimum Gasteiger partial charge on any atom is -0.484 e. The molecule has 0 saturated carbocycles. The molecule has 4 rings (SSSR count). The van der Waals surface area contributed by atoms with Crippen LogP contribution in [0.5, 0.6) is 5.75 Å². The van der Waals surface area contributed by atoms with E-state index in [0.29, 0.717) is 28.4 Å². The van der Waals surface area contributed by atoms with E-state index in [1.807, 2.05) is 38.1 Å². The lowest BCUT2D eigenvalue weighted by Crippen LogP contribution is -2.46. The number of ether oxygens (including phenoxy) is 1. The van der Waals surface area contributed by atoms with Crippen LogP contribution in [0.1, 0.15) is 29.5 Å². The maximum absolute atomic E-state index is 13.6. The normalized spacial score (nSPS) is 11.1. The van der Waals surface area contributed by atoms with Gasteiger partial charge in [0.15, 0.2) is 6.61 Å². The highest BCUT2D eigenvalue weighted by molar-refractivity contribution is 6.05. The van der Waals surface area contributed by atoms with Crippen molar-refractivity contribution in [2.45, 2.75) is 26.7 Å². The molecule has 50 heavy (non-hydrogen) atoms. The van der Waals surface area contributed by atoms with E-state index in [1.165, 1.54) is 16.7 Å². The van der Waals surface area contributed by atoms with E-state index in [4.69, 9.17) is 4.74 Å². The van der Waals surface area contributed by atoms with Crippen LogP contribution in [0.3, 0.4) is 0 Å². The van der Waals surface area contributed by atoms with Crippen LogP contribution < -0.4 is 30.1 Å². The molecule has 12 nitrogen and oxygen atoms in total. The van der Waals surface area contributed by atoms with Crippen LogP contribution in [0.15, 0.2) is 97.1 Å². The van der Waals surface area contributed by atoms with Crippen LogP contribution in [-0.2, 0) is 19.2 Å². The number of likely N-dealkylation sites (N-methyl/N-ethyl adjacent to an activating group) is 2. The first kappa shape index (κ1) is 36.7. The van der Waals surface area contributed by atoms with Gasteiger partial charge in [-0.25, -0.2) is 4.79 Å². The molecule has 260 valence electrons. The van der Waals surface area contributed by atoms with Gasteiger partial charge in [-0.2, -0.15) is 0 Å². The predicted molar refractivity (Wildman–Crippen MR) is 193 cm³/mol. The number of aryl methyl sites for hydroxylation is 2. The molecule has 0 heterocycles. The second kappa shape index (κ2) is 16.8. The Balaban J connectivity index is 1.49. The van der Waals surface area contributed by atoms with Crippen molar-refractivity contribution in [1.82, 2.24) is 5.32 Å². The number of carboxylic acid groups (broad SMARTS) is 1. The number of urea groups is 1. The van der Waals surface area contributed by atoms with Gasteiger partial charge in [0.2, 0.25) is 11.8 Å². The Morgan fingerprint density at radius 2 is 1.38 bits per heavy atom. The molecule has 1 atom stereocenters. The third-order valence-electron chi connectivity index (χ3n) is 8.17. The second-order valence-corrected chi connectivity index (χ2v) is 11.7. The van der Waals surface area contributed by atoms with Gasteiger partial charge in [0, 0.05) is 42.9 Å². The van der Waals surface area contributed by atoms with Crippen molar-refractivity contribution >= 4 is 52.5 Å². The molecule has 0 aliphatic rings. The van der Waals surface area contributed by atoms with Crippen LogP contribution in [0.25, 0.3) is 0 Å². The van der Waals surface area contributed by atoms with Gasteiger partial charge in [-0.1, -0.05) is 54.6 Å². The van der Waals surface area contributed by atoms with Gasteiger partial charge in [-0.05, 0) is 73.9 Å². The fraction of sp³-hybridized carbons (Fsp3) is 0.237. The molecule has 3 N–H and O–H groups in total. The van der Waals surface area contributed by atoms with Crippen molar-refractivity contribution in [3.8, 4) is 5.75 Å². The van der Waals surface area contributed by atoms with Gasteiger partial charge in [0.25, 0.3) is 5.91 Å². The summed E-state index contributed by atoms with van der Waals surface area (Å²) >= 11 is 0. The Morgan fingerprint density at radius 3 is 2.06 bits per heavy atom. The Hall–Kier alpha value is -6.17. The molecular formula is C38H41N5O7. The summed E-state index contributed by atoms with van der Waals surface area (Å²) in [5, 5.41) is 14.4. The number of hydrogen-bond acceptors (Lipinski definition) is 6. The Morgan fingerprint density at radius 1 is 0.740 bits per heavy atom. The lowest BCUT2D eigenvalue weighted by molar-refractivity contribution is -0.138. The van der Waals surface area contributed by atoms with Crippen molar-refractivity contribution in [2.75, 3.05) is 53.8 Å². The van der Waals surface area contributed by atoms with Crippen LogP contribution in [-0.4, -0.2) is 68.6 Å². The molecule has 0 saturated heterocycles. The monoisotopic (exact) mass is 679 g/mol. The fourth-order valence-corrected chi connectivity index (χ4v) is 5.26. The Kier molecular flexibility index (Phi) is 12.3. The second-order valence-electron chi connectivity index (χ2n) is 11.7. The molecule has 0 fully saturated rings. The summed E-state index contributed by atoms with van der Waals surface area (Å²) < 4.78 is 5.85. The Bertz CT molecular complexity index is 1840. The van der Waals surface area contributed by atoms with Gasteiger partial charge in [-0.15, -0.1) is 0 Å². The van der Waals surface area contributed by atoms with Gasteiger partial charge < -0.3 is 35.2 Å². The minimum absolute atomic E-state index is 0.272. The first-order valence-electron chi connectivity index (χ1n) is 15.9. The number of carbonyl (C=O) groups excluding carboxylic acids is 4. The molecule has 5 amide bonds. The number of aliphatic carboxylic acids is 1. The summed E-state index contributed by atoms with van der Waals surface area (Å²) in [5.74, 6) is -2.75. The molecule has 0 spiro atoms. The zero-order valence-electron chi connectivity index (χ0n) is 28.7. The van der Waals surface area contributed by atoms with E-state index in [1.54, 1.807) is 91.8 Å². The number of nitrogens with one attached hydrogen (secondary N) is 2. The largest absolute Gasteiger partial charge is 0.484 e. The molecule has 0 aliphatic carbocycles. The number of benzene rings is 4. The summed E-state index contributed by atoms with van der Waals surface area (Å²) in [6.45, 7) is 4.29. The van der Waals surface area contributed by atoms with Crippen LogP contribution in [0.4, 0.5) is 27.5 Å². The van der Waals surface area contributed by atoms with E-state index in [-0.39, 0.29) is 19.1 Å². The number of nitrogens with zero attached hydrogens (tertiary/aromatic N) is 3. The van der Waals surface area contributed by atoms with Gasteiger partial charge >= 0.3 is 12.0 Å². The molecule has 4 aromatic rings. The van der Waals surface area contributed by atoms with Gasteiger partial charge in [-0.3, -0.25) is 19.2 Å². The van der Waals surface area contributed by atoms with Crippen LogP contribution in [0, 0.1) is 13.8 Å². The van der Waals surface area contributed by atoms with Crippen molar-refractivity contribution < 1.29 is 33.8 Å². The van der Waals surface area contributed by atoms with Crippen molar-refractivity contribution in [3.63, 3.8) is 0 Å². The molecule has 1 unspecified atom stereocenters. The third kappa shape index (κ3) is 9.47. The average Bonchev–Trinajstić information content (AvgIpc) is 3.11. The van der Waals surface area contributed by atoms with Crippen molar-refractivity contribution in [3.05, 3.63) is 114 Å². The molecule has 0 aromatic heterocycles. The number of para-hydroxylation sites is 2. The molecular weight excluding hydrogens is 638 g/mol. The van der Waals surface area contributed by atoms with Crippen LogP contribution in [0.2, 0.25) is 0 Å². The predicted octanol–water partition coefficient (Wildman–Crippen LogP) is 5.35. The van der Waals surface area contributed by atoms with Crippen molar-refractivity contribution in [1.29, 1.82) is 0 Å². The zero-order chi connectivity index (χ0) is 36.4. The number of hydrogen-bond donors (Lipinski definition) is 3. The first-order valence-corrected chi connectivity index (χ1v) is 15.9. The molecule has 0 bridgehead atoms. The number of carbonyl (C=O) groups is 5. The maximum Gasteiger partial charge on any atom is 0.319 e. The average molecular weight is 680 g/mol. The van der Waals surface area contributed by atoms with Gasteiger partial charge in [0.1, 0.15) is 12.3 Å². The van der Waals surface area contributed by atoms with E-state index >= 15 is 0 Å². The summed E-state index contributed by atoms with van der Waals surface area (Å²) in [7, 11) is 3.28. The van der Waals surface area contributed by atoms with Crippen molar-refractivity contribution in [2.24, 2.45) is 0 Å². The topological polar surface area (TPSA) is 149 Å². The summed E-state index contributed by atoms with van der Waals surface area (Å²) in [6, 6.07) is 26.9. The lowest BCUT2D eigenvalue weighted by Gasteiger charge is -2.26. The number of anilines is 4. The third-order valence-corrected chi connectivity index (χ3v) is 8.17. The molecule has 12 heteroatoms. The number of rotatable bonds is 13. The molecule has 0 aliphatic heterocycles. The highest BCUT2D eigenvalue weighted by Crippen LogP contribution is 2.25. The SMILES string of the molecule is Cc1cccc(C)c1N(C)C(=O)COc1cccc(N(CC(=O)N(C)c2ccccc2)C(=O)CNC(=O)Nc2cccc(C(C)C(=O)O)c2)c1. The summed E-state index contributed by atoms with van der Waals surface area (Å²) in [6.07, 6.45) is 0. The zero-order valence-corrected chi connectivity index (χ0v) is 28.7. The highest BCUT2D eigenvalue weighted by Gasteiger charge is 2.24. The van der Waals surface area contributed by atoms with Crippen LogP contribution >= 0.6 is 0 Å². The minimum atomic E-state index is -1.00. The van der Waals surface area contributed by atoms with E-state index in [0.717, 1.165) is 16.8 Å². The first-order chi connectivity index (χ1) is 23.8. The Labute approximate surface area is 291 Å². The van der Waals surface area contributed by atoms with E-state index in [2.05, 4.69) is 10.6 Å². The highest BCUT2D eigenvalue weighted by atomic mass is 16.5. The number of carboxylic acids is 1. The molecule has 4 aromatic carbocycles. The van der Waals surface area contributed by atoms with E-state index < -0.39 is 36.3 Å². The lowest BCUT2D eigenvalue weighted by atomic mass is 10.0. The quantitative estimate of drug-likeness (QED) is 0.173. The van der Waals surface area contributed by atoms with E-state index in [9.17, 15) is 29.1 Å². The molecule has 0 radical (unpaired) electrons. The summed E-state index contributed by atoms with van der Waals surface area (Å²) in [5.41, 5.74) is 4.49. The maximum atomic E-state index is 13.6. The standard InChI is InChI=1S/C38H41N5O7/c1-25-12-9-13-26(2)36(25)42(5)35(46)24-50-32-19-11-18-31(21-32)43(23-34(45)41(4)30-16-7-6-8-17-30)33(44)22-39-38(49)40-29-15-10-14-28(20-29)27(3)37(47)48/h6-21,27H,22-24H2,1-5H3,(H,47,48)(H2,39,40,49). The fourth-order valence-electron chi connectivity index (χ4n) is 5.26. The van der Waals surface area contributed by atoms with Gasteiger partial charge in [0.05, 0.1) is 12.5 Å². The smallest absolute Gasteiger partial charge is 0.319 e. The number of amides is 5.